The summed E-state index contributed by atoms with van der Waals surface area (Å²) in [5.74, 6) is -0.309. The van der Waals surface area contributed by atoms with E-state index in [1.54, 1.807) is 0 Å². The van der Waals surface area contributed by atoms with Crippen molar-refractivity contribution in [3.63, 3.8) is 0 Å². The molecule has 26 heavy (non-hydrogen) atoms. The van der Waals surface area contributed by atoms with E-state index in [2.05, 4.69) is 22.8 Å². The van der Waals surface area contributed by atoms with Crippen LogP contribution in [0.25, 0.3) is 0 Å². The van der Waals surface area contributed by atoms with Gasteiger partial charge >= 0.3 is 0 Å². The molecule has 0 saturated heterocycles. The molecule has 0 saturated carbocycles. The average molecular weight is 353 g/mol. The molecule has 0 atom stereocenters. The molecule has 138 valence electrons. The summed E-state index contributed by atoms with van der Waals surface area (Å²) in [4.78, 5) is 25.7. The predicted octanol–water partition coefficient (Wildman–Crippen LogP) is 3.22. The van der Waals surface area contributed by atoms with Gasteiger partial charge in [0.05, 0.1) is 6.54 Å². The Morgan fingerprint density at radius 1 is 0.885 bits per heavy atom. The standard InChI is InChI=1S/C21H27N3O2/c1-24(2)19-14-12-18(13-15-19)23-21(26)16-22-20(25)11-7-6-10-17-8-4-3-5-9-17/h3-5,8-9,12-15H,6-7,10-11,16H2,1-2H3,(H,22,25)(H,23,26). The third kappa shape index (κ3) is 6.97. The van der Waals surface area contributed by atoms with Gasteiger partial charge in [-0.05, 0) is 49.1 Å². The number of hydrogen-bond acceptors (Lipinski definition) is 3. The minimum Gasteiger partial charge on any atom is -0.378 e. The molecule has 0 aliphatic carbocycles. The highest BCUT2D eigenvalue weighted by molar-refractivity contribution is 5.94. The van der Waals surface area contributed by atoms with E-state index in [1.807, 2.05) is 61.5 Å². The number of aryl methyl sites for hydroxylation is 1. The summed E-state index contributed by atoms with van der Waals surface area (Å²) >= 11 is 0. The topological polar surface area (TPSA) is 61.4 Å². The highest BCUT2D eigenvalue weighted by Crippen LogP contribution is 2.15. The van der Waals surface area contributed by atoms with E-state index in [1.165, 1.54) is 5.56 Å². The molecule has 0 bridgehead atoms. The zero-order valence-electron chi connectivity index (χ0n) is 15.5. The van der Waals surface area contributed by atoms with Gasteiger partial charge in [-0.2, -0.15) is 0 Å². The third-order valence-electron chi connectivity index (χ3n) is 4.08. The number of benzene rings is 2. The summed E-state index contributed by atoms with van der Waals surface area (Å²) in [6, 6.07) is 17.8. The van der Waals surface area contributed by atoms with Crippen LogP contribution in [0.3, 0.4) is 0 Å². The first-order chi connectivity index (χ1) is 12.5. The van der Waals surface area contributed by atoms with Crippen molar-refractivity contribution in [3.05, 3.63) is 60.2 Å². The number of nitrogens with zero attached hydrogens (tertiary/aromatic N) is 1. The van der Waals surface area contributed by atoms with Crippen molar-refractivity contribution >= 4 is 23.2 Å². The van der Waals surface area contributed by atoms with Crippen LogP contribution >= 0.6 is 0 Å². The van der Waals surface area contributed by atoms with Crippen molar-refractivity contribution < 1.29 is 9.59 Å². The van der Waals surface area contributed by atoms with Gasteiger partial charge in [0.25, 0.3) is 0 Å². The maximum Gasteiger partial charge on any atom is 0.243 e. The van der Waals surface area contributed by atoms with Crippen molar-refractivity contribution in [1.82, 2.24) is 5.32 Å². The number of anilines is 2. The molecule has 0 radical (unpaired) electrons. The van der Waals surface area contributed by atoms with Gasteiger partial charge in [-0.15, -0.1) is 0 Å². The molecule has 2 aromatic carbocycles. The zero-order chi connectivity index (χ0) is 18.8. The first-order valence-corrected chi connectivity index (χ1v) is 8.92. The zero-order valence-corrected chi connectivity index (χ0v) is 15.5. The van der Waals surface area contributed by atoms with E-state index in [0.717, 1.165) is 30.6 Å². The first-order valence-electron chi connectivity index (χ1n) is 8.92. The quantitative estimate of drug-likeness (QED) is 0.681. The normalized spacial score (nSPS) is 10.2. The number of nitrogens with one attached hydrogen (secondary N) is 2. The van der Waals surface area contributed by atoms with Crippen molar-refractivity contribution in [1.29, 1.82) is 0 Å². The number of hydrogen-bond donors (Lipinski definition) is 2. The molecule has 2 amide bonds. The van der Waals surface area contributed by atoms with E-state index >= 15 is 0 Å². The van der Waals surface area contributed by atoms with Crippen LogP contribution in [0.15, 0.2) is 54.6 Å². The molecule has 0 aromatic heterocycles. The van der Waals surface area contributed by atoms with Gasteiger partial charge in [0.2, 0.25) is 11.8 Å². The molecule has 2 aromatic rings. The van der Waals surface area contributed by atoms with Crippen LogP contribution in [0.1, 0.15) is 24.8 Å². The van der Waals surface area contributed by atoms with Gasteiger partial charge in [0.15, 0.2) is 0 Å². The van der Waals surface area contributed by atoms with Crippen LogP contribution in [0.2, 0.25) is 0 Å². The summed E-state index contributed by atoms with van der Waals surface area (Å²) < 4.78 is 0. The lowest BCUT2D eigenvalue weighted by molar-refractivity contribution is -0.124. The second-order valence-corrected chi connectivity index (χ2v) is 6.46. The van der Waals surface area contributed by atoms with Gasteiger partial charge in [0, 0.05) is 31.9 Å². The number of carbonyl (C=O) groups is 2. The molecule has 5 heteroatoms. The van der Waals surface area contributed by atoms with Gasteiger partial charge < -0.3 is 15.5 Å². The van der Waals surface area contributed by atoms with Crippen molar-refractivity contribution in [2.45, 2.75) is 25.7 Å². The third-order valence-corrected chi connectivity index (χ3v) is 4.08. The molecule has 0 heterocycles. The maximum atomic E-state index is 11.9. The van der Waals surface area contributed by atoms with Crippen molar-refractivity contribution in [2.24, 2.45) is 0 Å². The van der Waals surface area contributed by atoms with Gasteiger partial charge in [0.1, 0.15) is 0 Å². The van der Waals surface area contributed by atoms with Crippen LogP contribution in [0.4, 0.5) is 11.4 Å². The first kappa shape index (κ1) is 19.5. The van der Waals surface area contributed by atoms with Gasteiger partial charge in [-0.3, -0.25) is 9.59 Å². The predicted molar refractivity (Wildman–Crippen MR) is 106 cm³/mol. The molecule has 0 aliphatic rings. The Morgan fingerprint density at radius 2 is 1.58 bits per heavy atom. The summed E-state index contributed by atoms with van der Waals surface area (Å²) in [6.07, 6.45) is 3.19. The fourth-order valence-electron chi connectivity index (χ4n) is 2.57. The summed E-state index contributed by atoms with van der Waals surface area (Å²) in [7, 11) is 3.92. The Bertz CT molecular complexity index is 697. The molecule has 0 spiro atoms. The minimum atomic E-state index is -0.222. The Kier molecular flexibility index (Phi) is 7.68. The summed E-state index contributed by atoms with van der Waals surface area (Å²) in [5, 5.41) is 5.45. The lowest BCUT2D eigenvalue weighted by atomic mass is 10.1. The Labute approximate surface area is 155 Å². The second kappa shape index (κ2) is 10.2. The molecule has 2 rings (SSSR count). The highest BCUT2D eigenvalue weighted by atomic mass is 16.2. The van der Waals surface area contributed by atoms with E-state index in [0.29, 0.717) is 6.42 Å². The van der Waals surface area contributed by atoms with Crippen LogP contribution in [0.5, 0.6) is 0 Å². The van der Waals surface area contributed by atoms with Crippen LogP contribution in [-0.2, 0) is 16.0 Å². The number of carbonyl (C=O) groups excluding carboxylic acids is 2. The van der Waals surface area contributed by atoms with E-state index in [4.69, 9.17) is 0 Å². The molecule has 0 aliphatic heterocycles. The number of rotatable bonds is 9. The van der Waals surface area contributed by atoms with Crippen molar-refractivity contribution in [2.75, 3.05) is 30.9 Å². The SMILES string of the molecule is CN(C)c1ccc(NC(=O)CNC(=O)CCCCc2ccccc2)cc1. The van der Waals surface area contributed by atoms with Crippen LogP contribution < -0.4 is 15.5 Å². The molecule has 0 unspecified atom stereocenters. The molecular weight excluding hydrogens is 326 g/mol. The maximum absolute atomic E-state index is 11.9. The summed E-state index contributed by atoms with van der Waals surface area (Å²) in [6.45, 7) is -0.00699. The van der Waals surface area contributed by atoms with E-state index < -0.39 is 0 Å². The van der Waals surface area contributed by atoms with Gasteiger partial charge in [-0.25, -0.2) is 0 Å². The van der Waals surface area contributed by atoms with Crippen LogP contribution in [0, 0.1) is 0 Å². The highest BCUT2D eigenvalue weighted by Gasteiger charge is 2.06. The average Bonchev–Trinajstić information content (AvgIpc) is 2.65. The fraction of sp³-hybridized carbons (Fsp3) is 0.333. The molecule has 2 N–H and O–H groups in total. The Balaban J connectivity index is 1.61. The van der Waals surface area contributed by atoms with E-state index in [9.17, 15) is 9.59 Å². The Morgan fingerprint density at radius 3 is 2.23 bits per heavy atom. The molecule has 0 fully saturated rings. The van der Waals surface area contributed by atoms with Gasteiger partial charge in [-0.1, -0.05) is 30.3 Å². The Hall–Kier alpha value is -2.82. The van der Waals surface area contributed by atoms with E-state index in [-0.39, 0.29) is 18.4 Å². The fourth-order valence-corrected chi connectivity index (χ4v) is 2.57. The summed E-state index contributed by atoms with van der Waals surface area (Å²) in [5.41, 5.74) is 3.07. The van der Waals surface area contributed by atoms with Crippen molar-refractivity contribution in [3.8, 4) is 0 Å². The minimum absolute atomic E-state index is 0.00699. The van der Waals surface area contributed by atoms with Crippen LogP contribution in [-0.4, -0.2) is 32.5 Å². The molecular formula is C21H27N3O2. The monoisotopic (exact) mass is 353 g/mol. The lowest BCUT2D eigenvalue weighted by Gasteiger charge is -2.13. The molecule has 5 nitrogen and oxygen atoms in total. The number of unbranched alkanes of at least 4 members (excludes halogenated alkanes) is 1. The largest absolute Gasteiger partial charge is 0.378 e. The number of amides is 2. The smallest absolute Gasteiger partial charge is 0.243 e. The lowest BCUT2D eigenvalue weighted by Crippen LogP contribution is -2.32. The second-order valence-electron chi connectivity index (χ2n) is 6.46.